The van der Waals surface area contributed by atoms with Crippen LogP contribution in [0.25, 0.3) is 0 Å². The SMILES string of the molecule is CC(C)(C)CC(Cc1ccccc1)C(=O)S. The van der Waals surface area contributed by atoms with Crippen molar-refractivity contribution in [3.63, 3.8) is 0 Å². The van der Waals surface area contributed by atoms with Crippen molar-refractivity contribution in [1.82, 2.24) is 0 Å². The zero-order valence-electron chi connectivity index (χ0n) is 10.2. The molecule has 88 valence electrons. The number of carbonyl (C=O) groups is 1. The van der Waals surface area contributed by atoms with Crippen molar-refractivity contribution in [3.05, 3.63) is 35.9 Å². The number of hydrogen-bond donors (Lipinski definition) is 1. The minimum atomic E-state index is -0.00113. The maximum atomic E-state index is 11.5. The van der Waals surface area contributed by atoms with E-state index in [9.17, 15) is 4.79 Å². The van der Waals surface area contributed by atoms with E-state index in [0.29, 0.717) is 0 Å². The summed E-state index contributed by atoms with van der Waals surface area (Å²) < 4.78 is 0. The van der Waals surface area contributed by atoms with Gasteiger partial charge in [0.1, 0.15) is 0 Å². The first kappa shape index (κ1) is 13.3. The average molecular weight is 236 g/mol. The van der Waals surface area contributed by atoms with E-state index in [1.807, 2.05) is 18.2 Å². The van der Waals surface area contributed by atoms with Gasteiger partial charge in [0.2, 0.25) is 0 Å². The van der Waals surface area contributed by atoms with Crippen molar-refractivity contribution in [2.75, 3.05) is 0 Å². The summed E-state index contributed by atoms with van der Waals surface area (Å²) in [5, 5.41) is -0.00113. The molecule has 0 bridgehead atoms. The zero-order chi connectivity index (χ0) is 12.2. The molecule has 0 amide bonds. The van der Waals surface area contributed by atoms with Crippen LogP contribution < -0.4 is 0 Å². The average Bonchev–Trinajstić information content (AvgIpc) is 2.16. The van der Waals surface area contributed by atoms with Gasteiger partial charge in [-0.3, -0.25) is 4.79 Å². The Morgan fingerprint density at radius 2 is 1.81 bits per heavy atom. The molecule has 0 saturated heterocycles. The lowest BCUT2D eigenvalue weighted by Gasteiger charge is -2.23. The number of rotatable bonds is 4. The number of carbonyl (C=O) groups excluding carboxylic acids is 1. The van der Waals surface area contributed by atoms with Gasteiger partial charge in [-0.1, -0.05) is 51.1 Å². The molecule has 0 radical (unpaired) electrons. The Bertz CT molecular complexity index is 338. The summed E-state index contributed by atoms with van der Waals surface area (Å²) in [5.41, 5.74) is 1.37. The van der Waals surface area contributed by atoms with Gasteiger partial charge in [0.15, 0.2) is 5.12 Å². The summed E-state index contributed by atoms with van der Waals surface area (Å²) in [4.78, 5) is 11.5. The minimum Gasteiger partial charge on any atom is -0.287 e. The Kier molecular flexibility index (Phi) is 4.60. The van der Waals surface area contributed by atoms with E-state index in [0.717, 1.165) is 12.8 Å². The molecule has 1 nitrogen and oxygen atoms in total. The maximum absolute atomic E-state index is 11.5. The van der Waals surface area contributed by atoms with Crippen molar-refractivity contribution in [3.8, 4) is 0 Å². The van der Waals surface area contributed by atoms with Gasteiger partial charge in [-0.15, -0.1) is 12.6 Å². The summed E-state index contributed by atoms with van der Waals surface area (Å²) in [5.74, 6) is 0.0192. The van der Waals surface area contributed by atoms with Crippen LogP contribution in [0.3, 0.4) is 0 Å². The van der Waals surface area contributed by atoms with Gasteiger partial charge in [0, 0.05) is 5.92 Å². The van der Waals surface area contributed by atoms with Crippen molar-refractivity contribution in [2.45, 2.75) is 33.6 Å². The van der Waals surface area contributed by atoms with Crippen LogP contribution in [0, 0.1) is 11.3 Å². The van der Waals surface area contributed by atoms with Crippen LogP contribution >= 0.6 is 12.6 Å². The molecule has 0 heterocycles. The van der Waals surface area contributed by atoms with Gasteiger partial charge in [-0.05, 0) is 23.8 Å². The first-order valence-corrected chi connectivity index (χ1v) is 6.10. The molecule has 0 saturated carbocycles. The highest BCUT2D eigenvalue weighted by molar-refractivity contribution is 7.96. The third kappa shape index (κ3) is 4.84. The van der Waals surface area contributed by atoms with Crippen LogP contribution in [0.2, 0.25) is 0 Å². The summed E-state index contributed by atoms with van der Waals surface area (Å²) in [7, 11) is 0. The summed E-state index contributed by atoms with van der Waals surface area (Å²) >= 11 is 4.00. The fourth-order valence-electron chi connectivity index (χ4n) is 1.88. The molecular weight excluding hydrogens is 216 g/mol. The van der Waals surface area contributed by atoms with Crippen LogP contribution in [0.5, 0.6) is 0 Å². The Morgan fingerprint density at radius 3 is 2.25 bits per heavy atom. The van der Waals surface area contributed by atoms with Gasteiger partial charge in [0.25, 0.3) is 0 Å². The van der Waals surface area contributed by atoms with Gasteiger partial charge >= 0.3 is 0 Å². The molecule has 0 aromatic heterocycles. The third-order valence-electron chi connectivity index (χ3n) is 2.53. The second-order valence-corrected chi connectivity index (χ2v) is 5.93. The summed E-state index contributed by atoms with van der Waals surface area (Å²) in [6, 6.07) is 10.1. The second kappa shape index (κ2) is 5.53. The fourth-order valence-corrected chi connectivity index (χ4v) is 2.07. The molecule has 1 rings (SSSR count). The molecule has 2 heteroatoms. The van der Waals surface area contributed by atoms with E-state index in [2.05, 4.69) is 45.5 Å². The standard InChI is InChI=1S/C14H20OS/c1-14(2,3)10-12(13(15)16)9-11-7-5-4-6-8-11/h4-8,12H,9-10H2,1-3H3,(H,15,16). The van der Waals surface area contributed by atoms with Crippen LogP contribution in [0.15, 0.2) is 30.3 Å². The molecule has 1 unspecified atom stereocenters. The van der Waals surface area contributed by atoms with E-state index in [1.54, 1.807) is 0 Å². The molecule has 1 aromatic carbocycles. The number of thiol groups is 1. The first-order valence-electron chi connectivity index (χ1n) is 5.65. The Morgan fingerprint density at radius 1 is 1.25 bits per heavy atom. The predicted molar refractivity (Wildman–Crippen MR) is 71.7 cm³/mol. The van der Waals surface area contributed by atoms with Gasteiger partial charge < -0.3 is 0 Å². The molecule has 0 aliphatic carbocycles. The van der Waals surface area contributed by atoms with Gasteiger partial charge in [0.05, 0.1) is 0 Å². The molecule has 0 fully saturated rings. The predicted octanol–water partition coefficient (Wildman–Crippen LogP) is 3.74. The lowest BCUT2D eigenvalue weighted by atomic mass is 9.82. The Hall–Kier alpha value is -0.760. The zero-order valence-corrected chi connectivity index (χ0v) is 11.1. The fraction of sp³-hybridized carbons (Fsp3) is 0.500. The van der Waals surface area contributed by atoms with E-state index in [4.69, 9.17) is 0 Å². The number of benzene rings is 1. The molecule has 1 aromatic rings. The minimum absolute atomic E-state index is 0.00113. The van der Waals surface area contributed by atoms with E-state index in [-0.39, 0.29) is 16.4 Å². The quantitative estimate of drug-likeness (QED) is 0.788. The highest BCUT2D eigenvalue weighted by Gasteiger charge is 2.22. The molecular formula is C14H20OS. The van der Waals surface area contributed by atoms with E-state index >= 15 is 0 Å². The van der Waals surface area contributed by atoms with Crippen molar-refractivity contribution < 1.29 is 4.79 Å². The molecule has 0 N–H and O–H groups in total. The third-order valence-corrected chi connectivity index (χ3v) is 2.90. The molecule has 1 atom stereocenters. The van der Waals surface area contributed by atoms with E-state index in [1.165, 1.54) is 5.56 Å². The molecule has 0 aliphatic rings. The van der Waals surface area contributed by atoms with Crippen LogP contribution in [-0.2, 0) is 11.2 Å². The van der Waals surface area contributed by atoms with Crippen molar-refractivity contribution in [1.29, 1.82) is 0 Å². The molecule has 16 heavy (non-hydrogen) atoms. The van der Waals surface area contributed by atoms with Crippen LogP contribution in [0.1, 0.15) is 32.8 Å². The normalized spacial score (nSPS) is 13.5. The van der Waals surface area contributed by atoms with Crippen LogP contribution in [0.4, 0.5) is 0 Å². The van der Waals surface area contributed by atoms with Crippen molar-refractivity contribution in [2.24, 2.45) is 11.3 Å². The van der Waals surface area contributed by atoms with E-state index < -0.39 is 0 Å². The lowest BCUT2D eigenvalue weighted by molar-refractivity contribution is -0.115. The number of hydrogen-bond acceptors (Lipinski definition) is 1. The topological polar surface area (TPSA) is 17.1 Å². The second-order valence-electron chi connectivity index (χ2n) is 5.49. The summed E-state index contributed by atoms with van der Waals surface area (Å²) in [6.07, 6.45) is 1.67. The van der Waals surface area contributed by atoms with Gasteiger partial charge in [-0.2, -0.15) is 0 Å². The Labute approximate surface area is 104 Å². The largest absolute Gasteiger partial charge is 0.287 e. The highest BCUT2D eigenvalue weighted by atomic mass is 32.1. The maximum Gasteiger partial charge on any atom is 0.189 e. The van der Waals surface area contributed by atoms with Crippen molar-refractivity contribution >= 4 is 17.7 Å². The first-order chi connectivity index (χ1) is 7.38. The van der Waals surface area contributed by atoms with Gasteiger partial charge in [-0.25, -0.2) is 0 Å². The molecule has 0 spiro atoms. The lowest BCUT2D eigenvalue weighted by Crippen LogP contribution is -2.20. The summed E-state index contributed by atoms with van der Waals surface area (Å²) in [6.45, 7) is 6.46. The van der Waals surface area contributed by atoms with Crippen LogP contribution in [-0.4, -0.2) is 5.12 Å². The Balaban J connectivity index is 2.70. The molecule has 0 aliphatic heterocycles. The smallest absolute Gasteiger partial charge is 0.189 e. The highest BCUT2D eigenvalue weighted by Crippen LogP contribution is 2.28. The monoisotopic (exact) mass is 236 g/mol.